The Morgan fingerprint density at radius 3 is 2.41 bits per heavy atom. The van der Waals surface area contributed by atoms with Crippen molar-refractivity contribution in [3.63, 3.8) is 0 Å². The number of nitriles is 1. The average Bonchev–Trinajstić information content (AvgIpc) is 2.87. The Morgan fingerprint density at radius 2 is 1.71 bits per heavy atom. The van der Waals surface area contributed by atoms with E-state index in [1.807, 2.05) is 28.9 Å². The molecule has 0 saturated carbocycles. The Balaban J connectivity index is 2.20. The molecule has 0 saturated heterocycles. The van der Waals surface area contributed by atoms with Crippen molar-refractivity contribution < 1.29 is 0 Å². The zero-order chi connectivity index (χ0) is 11.7. The first-order valence-electron chi connectivity index (χ1n) is 5.17. The van der Waals surface area contributed by atoms with Crippen LogP contribution in [0.5, 0.6) is 0 Å². The topological polar surface area (TPSA) is 54.0 Å². The number of imidazole rings is 1. The number of rotatable bonds is 1. The summed E-state index contributed by atoms with van der Waals surface area (Å²) >= 11 is 0. The Kier molecular flexibility index (Phi) is 2.09. The van der Waals surface area contributed by atoms with E-state index in [4.69, 9.17) is 5.26 Å². The largest absolute Gasteiger partial charge is 0.304 e. The van der Waals surface area contributed by atoms with Crippen LogP contribution in [0.4, 0.5) is 0 Å². The molecule has 4 heteroatoms. The summed E-state index contributed by atoms with van der Waals surface area (Å²) in [6.45, 7) is 0. The fourth-order valence-electron chi connectivity index (χ4n) is 1.76. The molecule has 4 nitrogen and oxygen atoms in total. The van der Waals surface area contributed by atoms with E-state index in [1.54, 1.807) is 24.5 Å². The molecule has 0 N–H and O–H groups in total. The normalized spacial score (nSPS) is 10.3. The molecule has 2 heterocycles. The van der Waals surface area contributed by atoms with E-state index in [1.165, 1.54) is 0 Å². The second-order valence-corrected chi connectivity index (χ2v) is 3.62. The first-order valence-corrected chi connectivity index (χ1v) is 5.17. The monoisotopic (exact) mass is 220 g/mol. The van der Waals surface area contributed by atoms with Gasteiger partial charge in [-0.05, 0) is 12.1 Å². The van der Waals surface area contributed by atoms with Gasteiger partial charge in [0.15, 0.2) is 5.65 Å². The van der Waals surface area contributed by atoms with Crippen molar-refractivity contribution in [3.8, 4) is 17.3 Å². The molecule has 0 bridgehead atoms. The van der Waals surface area contributed by atoms with E-state index >= 15 is 0 Å². The predicted molar refractivity (Wildman–Crippen MR) is 63.1 cm³/mol. The Hall–Kier alpha value is -2.67. The van der Waals surface area contributed by atoms with Crippen molar-refractivity contribution in [1.82, 2.24) is 14.4 Å². The van der Waals surface area contributed by atoms with Crippen LogP contribution >= 0.6 is 0 Å². The summed E-state index contributed by atoms with van der Waals surface area (Å²) in [4.78, 5) is 8.61. The molecular formula is C13H8N4. The van der Waals surface area contributed by atoms with Gasteiger partial charge in [-0.1, -0.05) is 12.1 Å². The van der Waals surface area contributed by atoms with Gasteiger partial charge in [-0.25, -0.2) is 4.98 Å². The average molecular weight is 220 g/mol. The van der Waals surface area contributed by atoms with Crippen molar-refractivity contribution in [2.45, 2.75) is 0 Å². The fourth-order valence-corrected chi connectivity index (χ4v) is 1.76. The van der Waals surface area contributed by atoms with Crippen molar-refractivity contribution in [2.75, 3.05) is 0 Å². The minimum Gasteiger partial charge on any atom is -0.304 e. The lowest BCUT2D eigenvalue weighted by Crippen LogP contribution is -1.91. The van der Waals surface area contributed by atoms with Gasteiger partial charge in [-0.2, -0.15) is 5.26 Å². The molecule has 0 aliphatic carbocycles. The van der Waals surface area contributed by atoms with Crippen LogP contribution in [0.25, 0.3) is 16.9 Å². The van der Waals surface area contributed by atoms with Crippen LogP contribution in [0.2, 0.25) is 0 Å². The van der Waals surface area contributed by atoms with Gasteiger partial charge < -0.3 is 4.40 Å². The summed E-state index contributed by atoms with van der Waals surface area (Å²) in [5.74, 6) is 0. The third-order valence-corrected chi connectivity index (χ3v) is 2.60. The number of hydrogen-bond donors (Lipinski definition) is 0. The lowest BCUT2D eigenvalue weighted by Gasteiger charge is -2.02. The van der Waals surface area contributed by atoms with Crippen molar-refractivity contribution >= 4 is 5.65 Å². The lowest BCUT2D eigenvalue weighted by atomic mass is 10.1. The first-order chi connectivity index (χ1) is 8.38. The Labute approximate surface area is 97.8 Å². The third kappa shape index (κ3) is 1.54. The van der Waals surface area contributed by atoms with E-state index in [0.29, 0.717) is 5.56 Å². The van der Waals surface area contributed by atoms with E-state index in [-0.39, 0.29) is 0 Å². The van der Waals surface area contributed by atoms with E-state index in [9.17, 15) is 0 Å². The van der Waals surface area contributed by atoms with Gasteiger partial charge in [0.25, 0.3) is 0 Å². The van der Waals surface area contributed by atoms with Crippen molar-refractivity contribution in [3.05, 3.63) is 54.6 Å². The molecule has 2 aromatic heterocycles. The molecule has 1 aromatic carbocycles. The number of aromatic nitrogens is 3. The fraction of sp³-hybridized carbons (Fsp3) is 0. The third-order valence-electron chi connectivity index (χ3n) is 2.60. The molecule has 3 rings (SSSR count). The van der Waals surface area contributed by atoms with Crippen LogP contribution < -0.4 is 0 Å². The van der Waals surface area contributed by atoms with Crippen molar-refractivity contribution in [1.29, 1.82) is 5.26 Å². The second kappa shape index (κ2) is 3.72. The maximum atomic E-state index is 8.76. The standard InChI is InChI=1S/C13H8N4/c14-9-10-1-3-11(4-2-10)12-13-16-6-8-17(13)7-5-15-12/h1-8H. The molecule has 80 valence electrons. The number of hydrogen-bond acceptors (Lipinski definition) is 3. The van der Waals surface area contributed by atoms with Crippen LogP contribution in [-0.4, -0.2) is 14.4 Å². The quantitative estimate of drug-likeness (QED) is 0.632. The van der Waals surface area contributed by atoms with Crippen molar-refractivity contribution in [2.24, 2.45) is 0 Å². The maximum absolute atomic E-state index is 8.76. The molecule has 17 heavy (non-hydrogen) atoms. The summed E-state index contributed by atoms with van der Waals surface area (Å²) in [6, 6.07) is 9.43. The van der Waals surface area contributed by atoms with Gasteiger partial charge in [-0.3, -0.25) is 4.98 Å². The van der Waals surface area contributed by atoms with Gasteiger partial charge in [0.1, 0.15) is 5.69 Å². The Bertz CT molecular complexity index is 704. The lowest BCUT2D eigenvalue weighted by molar-refractivity contribution is 1.13. The highest BCUT2D eigenvalue weighted by atomic mass is 15.0. The highest BCUT2D eigenvalue weighted by Crippen LogP contribution is 2.20. The van der Waals surface area contributed by atoms with Gasteiger partial charge in [0, 0.05) is 30.4 Å². The van der Waals surface area contributed by atoms with Crippen LogP contribution in [0.15, 0.2) is 49.1 Å². The number of benzene rings is 1. The second-order valence-electron chi connectivity index (χ2n) is 3.62. The minimum absolute atomic E-state index is 0.643. The van der Waals surface area contributed by atoms with Crippen LogP contribution in [-0.2, 0) is 0 Å². The van der Waals surface area contributed by atoms with Crippen LogP contribution in [0.1, 0.15) is 5.56 Å². The molecule has 0 radical (unpaired) electrons. The first kappa shape index (κ1) is 9.55. The number of nitrogens with zero attached hydrogens (tertiary/aromatic N) is 4. The SMILES string of the molecule is N#Cc1ccc(-c2nccn3ccnc23)cc1. The summed E-state index contributed by atoms with van der Waals surface area (Å²) in [5.41, 5.74) is 3.24. The molecular weight excluding hydrogens is 212 g/mol. The highest BCUT2D eigenvalue weighted by Gasteiger charge is 2.06. The molecule has 3 aromatic rings. The molecule has 0 spiro atoms. The summed E-state index contributed by atoms with van der Waals surface area (Å²) in [6.07, 6.45) is 7.21. The van der Waals surface area contributed by atoms with Gasteiger partial charge in [-0.15, -0.1) is 0 Å². The molecule has 0 amide bonds. The van der Waals surface area contributed by atoms with E-state index < -0.39 is 0 Å². The summed E-state index contributed by atoms with van der Waals surface area (Å²) in [5, 5.41) is 8.76. The zero-order valence-electron chi connectivity index (χ0n) is 8.91. The maximum Gasteiger partial charge on any atom is 0.163 e. The molecule has 0 fully saturated rings. The van der Waals surface area contributed by atoms with E-state index in [0.717, 1.165) is 16.9 Å². The van der Waals surface area contributed by atoms with Crippen LogP contribution in [0, 0.1) is 11.3 Å². The summed E-state index contributed by atoms with van der Waals surface area (Å²) < 4.78 is 1.92. The van der Waals surface area contributed by atoms with Gasteiger partial charge in [0.2, 0.25) is 0 Å². The predicted octanol–water partition coefficient (Wildman–Crippen LogP) is 2.27. The highest BCUT2D eigenvalue weighted by molar-refractivity contribution is 5.73. The molecule has 0 unspecified atom stereocenters. The van der Waals surface area contributed by atoms with Gasteiger partial charge >= 0.3 is 0 Å². The van der Waals surface area contributed by atoms with Crippen LogP contribution in [0.3, 0.4) is 0 Å². The smallest absolute Gasteiger partial charge is 0.163 e. The number of fused-ring (bicyclic) bond motifs is 1. The van der Waals surface area contributed by atoms with E-state index in [2.05, 4.69) is 16.0 Å². The molecule has 0 aliphatic rings. The minimum atomic E-state index is 0.643. The molecule has 0 atom stereocenters. The van der Waals surface area contributed by atoms with Gasteiger partial charge in [0.05, 0.1) is 11.6 Å². The molecule has 0 aliphatic heterocycles. The summed E-state index contributed by atoms with van der Waals surface area (Å²) in [7, 11) is 0. The Morgan fingerprint density at radius 1 is 1.00 bits per heavy atom. The zero-order valence-corrected chi connectivity index (χ0v) is 8.91.